The fourth-order valence-electron chi connectivity index (χ4n) is 3.55. The van der Waals surface area contributed by atoms with Gasteiger partial charge in [0.25, 0.3) is 0 Å². The molecule has 2 N–H and O–H groups in total. The number of carbonyl (C=O) groups excluding carboxylic acids is 1. The highest BCUT2D eigenvalue weighted by molar-refractivity contribution is 5.94. The molecule has 2 aromatic heterocycles. The smallest absolute Gasteiger partial charge is 0.159 e. The minimum absolute atomic E-state index is 0.0616. The van der Waals surface area contributed by atoms with Crippen molar-refractivity contribution in [1.82, 2.24) is 15.0 Å². The molecule has 32 heavy (non-hydrogen) atoms. The monoisotopic (exact) mass is 426 g/mol. The number of fused-ring (bicyclic) bond motifs is 1. The lowest BCUT2D eigenvalue weighted by Crippen LogP contribution is -2.07. The van der Waals surface area contributed by atoms with Crippen molar-refractivity contribution in [2.24, 2.45) is 0 Å². The maximum Gasteiger partial charge on any atom is 0.159 e. The van der Waals surface area contributed by atoms with E-state index in [-0.39, 0.29) is 12.4 Å². The zero-order valence-corrected chi connectivity index (χ0v) is 18.1. The number of benzene rings is 2. The van der Waals surface area contributed by atoms with Crippen LogP contribution in [0.2, 0.25) is 0 Å². The number of aryl methyl sites for hydroxylation is 1. The van der Waals surface area contributed by atoms with Crippen LogP contribution in [0.4, 0.5) is 5.82 Å². The van der Waals surface area contributed by atoms with Crippen molar-refractivity contribution in [3.05, 3.63) is 94.9 Å². The van der Waals surface area contributed by atoms with Crippen LogP contribution in [0.15, 0.2) is 66.9 Å². The van der Waals surface area contributed by atoms with E-state index in [1.807, 2.05) is 54.7 Å². The molecule has 2 heterocycles. The molecule has 6 heteroatoms. The number of aliphatic hydroxyl groups excluding tert-OH is 1. The van der Waals surface area contributed by atoms with Gasteiger partial charge in [-0.2, -0.15) is 0 Å². The summed E-state index contributed by atoms with van der Waals surface area (Å²) in [4.78, 5) is 25.5. The number of carbonyl (C=O) groups is 1. The minimum Gasteiger partial charge on any atom is -0.396 e. The first-order valence-electron chi connectivity index (χ1n) is 10.8. The molecule has 0 saturated heterocycles. The minimum atomic E-state index is 0.0616. The molecule has 0 radical (unpaired) electrons. The van der Waals surface area contributed by atoms with Crippen LogP contribution >= 0.6 is 0 Å². The number of hydrogen-bond donors (Lipinski definition) is 2. The molecule has 0 amide bonds. The van der Waals surface area contributed by atoms with Gasteiger partial charge in [0.1, 0.15) is 11.3 Å². The van der Waals surface area contributed by atoms with Gasteiger partial charge in [-0.25, -0.2) is 9.97 Å². The van der Waals surface area contributed by atoms with E-state index >= 15 is 0 Å². The number of nitrogens with zero attached hydrogens (tertiary/aromatic N) is 3. The summed E-state index contributed by atoms with van der Waals surface area (Å²) in [6.07, 6.45) is 3.76. The number of ketones is 1. The van der Waals surface area contributed by atoms with E-state index in [9.17, 15) is 9.90 Å². The zero-order valence-electron chi connectivity index (χ0n) is 18.1. The summed E-state index contributed by atoms with van der Waals surface area (Å²) in [5, 5.41) is 12.6. The van der Waals surface area contributed by atoms with E-state index in [4.69, 9.17) is 4.98 Å². The number of anilines is 1. The first kappa shape index (κ1) is 21.6. The van der Waals surface area contributed by atoms with E-state index in [0.717, 1.165) is 27.7 Å². The molecular weight excluding hydrogens is 400 g/mol. The molecule has 0 fully saturated rings. The quantitative estimate of drug-likeness (QED) is 0.387. The molecule has 2 aromatic carbocycles. The van der Waals surface area contributed by atoms with E-state index in [2.05, 4.69) is 27.4 Å². The van der Waals surface area contributed by atoms with Gasteiger partial charge < -0.3 is 10.4 Å². The van der Waals surface area contributed by atoms with E-state index in [1.54, 1.807) is 6.92 Å². The van der Waals surface area contributed by atoms with E-state index < -0.39 is 0 Å². The Labute approximate surface area is 187 Å². The SMILES string of the molecule is CC(=O)c1ccc(Cc2cnc3c(NCc4ccccc4)nc(CCCO)nc3c2)cc1. The Hall–Kier alpha value is -3.64. The lowest BCUT2D eigenvalue weighted by molar-refractivity contribution is 0.101. The van der Waals surface area contributed by atoms with Crippen LogP contribution in [0.5, 0.6) is 0 Å². The van der Waals surface area contributed by atoms with Gasteiger partial charge in [0.05, 0.1) is 5.52 Å². The molecule has 0 bridgehead atoms. The number of nitrogens with one attached hydrogen (secondary N) is 1. The third-order valence-electron chi connectivity index (χ3n) is 5.27. The van der Waals surface area contributed by atoms with Crippen molar-refractivity contribution < 1.29 is 9.90 Å². The first-order chi connectivity index (χ1) is 15.6. The van der Waals surface area contributed by atoms with Crippen LogP contribution in [0, 0.1) is 0 Å². The topological polar surface area (TPSA) is 88.0 Å². The van der Waals surface area contributed by atoms with E-state index in [0.29, 0.717) is 43.0 Å². The van der Waals surface area contributed by atoms with Gasteiger partial charge in [0.15, 0.2) is 11.6 Å². The van der Waals surface area contributed by atoms with Gasteiger partial charge in [0, 0.05) is 31.3 Å². The second-order valence-electron chi connectivity index (χ2n) is 7.80. The molecule has 0 aliphatic heterocycles. The average Bonchev–Trinajstić information content (AvgIpc) is 2.82. The molecule has 0 atom stereocenters. The summed E-state index contributed by atoms with van der Waals surface area (Å²) in [5.74, 6) is 1.45. The standard InChI is InChI=1S/C26H26N4O2/c1-18(32)22-11-9-19(10-12-22)14-21-15-23-25(27-17-21)26(30-24(29-23)8-5-13-31)28-16-20-6-3-2-4-7-20/h2-4,6-7,9-12,15,17,31H,5,8,13-14,16H2,1H3,(H,28,29,30). The van der Waals surface area contributed by atoms with Crippen LogP contribution in [0.3, 0.4) is 0 Å². The van der Waals surface area contributed by atoms with Crippen LogP contribution in [0.1, 0.15) is 46.2 Å². The largest absolute Gasteiger partial charge is 0.396 e. The maximum atomic E-state index is 11.5. The summed E-state index contributed by atoms with van der Waals surface area (Å²) in [5.41, 5.74) is 5.51. The van der Waals surface area contributed by atoms with Crippen LogP contribution in [0.25, 0.3) is 11.0 Å². The summed E-state index contributed by atoms with van der Waals surface area (Å²) in [7, 11) is 0. The fraction of sp³-hybridized carbons (Fsp3) is 0.231. The molecular formula is C26H26N4O2. The average molecular weight is 427 g/mol. The fourth-order valence-corrected chi connectivity index (χ4v) is 3.55. The number of aliphatic hydroxyl groups is 1. The Morgan fingerprint density at radius 2 is 1.75 bits per heavy atom. The number of Topliss-reactive ketones (excluding diaryl/α,β-unsaturated/α-hetero) is 1. The molecule has 4 rings (SSSR count). The van der Waals surface area contributed by atoms with Gasteiger partial charge in [-0.3, -0.25) is 9.78 Å². The summed E-state index contributed by atoms with van der Waals surface area (Å²) in [6, 6.07) is 19.8. The van der Waals surface area contributed by atoms with Crippen molar-refractivity contribution in [3.63, 3.8) is 0 Å². The Morgan fingerprint density at radius 3 is 2.47 bits per heavy atom. The maximum absolute atomic E-state index is 11.5. The summed E-state index contributed by atoms with van der Waals surface area (Å²) in [6.45, 7) is 2.31. The van der Waals surface area contributed by atoms with Crippen molar-refractivity contribution in [1.29, 1.82) is 0 Å². The molecule has 0 aliphatic carbocycles. The number of rotatable bonds is 9. The van der Waals surface area contributed by atoms with Crippen LogP contribution in [-0.4, -0.2) is 32.4 Å². The molecule has 6 nitrogen and oxygen atoms in total. The van der Waals surface area contributed by atoms with Crippen molar-refractivity contribution in [2.45, 2.75) is 32.7 Å². The second-order valence-corrected chi connectivity index (χ2v) is 7.80. The Balaban J connectivity index is 1.62. The van der Waals surface area contributed by atoms with Gasteiger partial charge in [-0.1, -0.05) is 54.6 Å². The second kappa shape index (κ2) is 10.1. The summed E-state index contributed by atoms with van der Waals surface area (Å²) < 4.78 is 0. The third kappa shape index (κ3) is 5.34. The van der Waals surface area contributed by atoms with Crippen LogP contribution < -0.4 is 5.32 Å². The van der Waals surface area contributed by atoms with Crippen molar-refractivity contribution in [3.8, 4) is 0 Å². The normalized spacial score (nSPS) is 10.9. The number of pyridine rings is 1. The highest BCUT2D eigenvalue weighted by Crippen LogP contribution is 2.22. The predicted molar refractivity (Wildman–Crippen MR) is 126 cm³/mol. The first-order valence-corrected chi connectivity index (χ1v) is 10.8. The Bertz CT molecular complexity index is 1210. The van der Waals surface area contributed by atoms with Gasteiger partial charge in [0.2, 0.25) is 0 Å². The van der Waals surface area contributed by atoms with Gasteiger partial charge in [-0.05, 0) is 42.5 Å². The number of hydrogen-bond acceptors (Lipinski definition) is 6. The molecule has 0 unspecified atom stereocenters. The Kier molecular flexibility index (Phi) is 6.82. The molecule has 162 valence electrons. The number of aromatic nitrogens is 3. The molecule has 0 spiro atoms. The molecule has 4 aromatic rings. The third-order valence-corrected chi connectivity index (χ3v) is 5.27. The van der Waals surface area contributed by atoms with Crippen molar-refractivity contribution >= 4 is 22.6 Å². The predicted octanol–water partition coefficient (Wildman–Crippen LogP) is 4.36. The lowest BCUT2D eigenvalue weighted by atomic mass is 10.0. The highest BCUT2D eigenvalue weighted by atomic mass is 16.2. The van der Waals surface area contributed by atoms with Gasteiger partial charge >= 0.3 is 0 Å². The van der Waals surface area contributed by atoms with E-state index in [1.165, 1.54) is 0 Å². The lowest BCUT2D eigenvalue weighted by Gasteiger charge is -2.11. The van der Waals surface area contributed by atoms with Crippen LogP contribution in [-0.2, 0) is 19.4 Å². The Morgan fingerprint density at radius 1 is 0.969 bits per heavy atom. The molecule has 0 aliphatic rings. The highest BCUT2D eigenvalue weighted by Gasteiger charge is 2.11. The zero-order chi connectivity index (χ0) is 22.3. The van der Waals surface area contributed by atoms with Gasteiger partial charge in [-0.15, -0.1) is 0 Å². The summed E-state index contributed by atoms with van der Waals surface area (Å²) >= 11 is 0. The molecule has 0 saturated carbocycles. The van der Waals surface area contributed by atoms with Crippen molar-refractivity contribution in [2.75, 3.05) is 11.9 Å².